The van der Waals surface area contributed by atoms with Gasteiger partial charge in [-0.3, -0.25) is 25.0 Å². The van der Waals surface area contributed by atoms with Gasteiger partial charge in [0.15, 0.2) is 0 Å². The fourth-order valence-electron chi connectivity index (χ4n) is 2.99. The maximum absolute atomic E-state index is 13.1. The van der Waals surface area contributed by atoms with Crippen molar-refractivity contribution in [2.45, 2.75) is 51.4 Å². The summed E-state index contributed by atoms with van der Waals surface area (Å²) in [5, 5.41) is 6.81. The minimum Gasteiger partial charge on any atom is -0.444 e. The van der Waals surface area contributed by atoms with E-state index < -0.39 is 47.5 Å². The van der Waals surface area contributed by atoms with Crippen molar-refractivity contribution < 1.29 is 37.1 Å². The Morgan fingerprint density at radius 3 is 2.47 bits per heavy atom. The highest BCUT2D eigenvalue weighted by atomic mass is 19.4. The molecule has 13 heteroatoms. The first-order chi connectivity index (χ1) is 14.7. The molecule has 2 aromatic rings. The lowest BCUT2D eigenvalue weighted by Crippen LogP contribution is -2.52. The minimum atomic E-state index is -4.81. The Balaban J connectivity index is 1.97. The standard InChI is InChI=1S/C19H20F3N5O5/c1-18(2,3)32-17(31)23-8-6-9(13-11(7-8)25-16(27-13)19(20,21)22)14(29)24-10-4-5-12(28)26-15(10)30/h6-7,10H,4-5H2,1-3H3,(H,23,31)(H,24,29)(H,25,27)(H,26,28,30). The molecule has 1 aromatic heterocycles. The average Bonchev–Trinajstić information content (AvgIpc) is 3.06. The van der Waals surface area contributed by atoms with Gasteiger partial charge in [0.05, 0.1) is 16.6 Å². The predicted octanol–water partition coefficient (Wildman–Crippen LogP) is 2.46. The number of carbonyl (C=O) groups is 4. The van der Waals surface area contributed by atoms with Gasteiger partial charge in [-0.1, -0.05) is 0 Å². The summed E-state index contributed by atoms with van der Waals surface area (Å²) in [6, 6.07) is 1.22. The van der Waals surface area contributed by atoms with Gasteiger partial charge in [-0.05, 0) is 39.3 Å². The van der Waals surface area contributed by atoms with E-state index in [0.29, 0.717) is 0 Å². The Kier molecular flexibility index (Phi) is 5.85. The molecule has 4 amide bonds. The molecular weight excluding hydrogens is 435 g/mol. The van der Waals surface area contributed by atoms with E-state index in [1.54, 1.807) is 20.8 Å². The van der Waals surface area contributed by atoms with Crippen molar-refractivity contribution >= 4 is 40.5 Å². The predicted molar refractivity (Wildman–Crippen MR) is 105 cm³/mol. The van der Waals surface area contributed by atoms with Gasteiger partial charge in [-0.15, -0.1) is 0 Å². The molecule has 4 N–H and O–H groups in total. The monoisotopic (exact) mass is 455 g/mol. The zero-order valence-corrected chi connectivity index (χ0v) is 17.3. The molecule has 0 saturated carbocycles. The number of anilines is 1. The molecule has 0 bridgehead atoms. The van der Waals surface area contributed by atoms with Crippen LogP contribution in [0.15, 0.2) is 12.1 Å². The molecule has 1 aromatic carbocycles. The van der Waals surface area contributed by atoms with Crippen LogP contribution in [0.4, 0.5) is 23.7 Å². The third-order valence-corrected chi connectivity index (χ3v) is 4.30. The molecule has 3 rings (SSSR count). The number of rotatable bonds is 3. The number of amides is 4. The van der Waals surface area contributed by atoms with Gasteiger partial charge in [0.1, 0.15) is 11.6 Å². The summed E-state index contributed by atoms with van der Waals surface area (Å²) in [4.78, 5) is 53.6. The first-order valence-corrected chi connectivity index (χ1v) is 9.48. The van der Waals surface area contributed by atoms with Crippen LogP contribution in [0, 0.1) is 0 Å². The molecule has 1 unspecified atom stereocenters. The molecule has 2 heterocycles. The van der Waals surface area contributed by atoms with Gasteiger partial charge >= 0.3 is 12.3 Å². The minimum absolute atomic E-state index is 0.00534. The summed E-state index contributed by atoms with van der Waals surface area (Å²) < 4.78 is 44.6. The summed E-state index contributed by atoms with van der Waals surface area (Å²) in [6.07, 6.45) is -5.67. The van der Waals surface area contributed by atoms with Crippen molar-refractivity contribution in [3.63, 3.8) is 0 Å². The zero-order chi connectivity index (χ0) is 23.8. The summed E-state index contributed by atoms with van der Waals surface area (Å²) >= 11 is 0. The summed E-state index contributed by atoms with van der Waals surface area (Å²) in [5.74, 6) is -3.45. The van der Waals surface area contributed by atoms with Gasteiger partial charge in [0.2, 0.25) is 17.6 Å². The molecular formula is C19H20F3N5O5. The fraction of sp³-hybridized carbons (Fsp3) is 0.421. The zero-order valence-electron chi connectivity index (χ0n) is 17.3. The number of piperidine rings is 1. The van der Waals surface area contributed by atoms with E-state index in [-0.39, 0.29) is 35.1 Å². The first-order valence-electron chi connectivity index (χ1n) is 9.48. The normalized spacial score (nSPS) is 17.1. The van der Waals surface area contributed by atoms with Crippen LogP contribution in [-0.4, -0.2) is 45.4 Å². The molecule has 0 spiro atoms. The molecule has 1 atom stereocenters. The number of H-pyrrole nitrogens is 1. The molecule has 32 heavy (non-hydrogen) atoms. The van der Waals surface area contributed by atoms with Gasteiger partial charge in [0.25, 0.3) is 5.91 Å². The van der Waals surface area contributed by atoms with Crippen molar-refractivity contribution in [3.8, 4) is 0 Å². The van der Waals surface area contributed by atoms with E-state index in [1.165, 1.54) is 0 Å². The van der Waals surface area contributed by atoms with Crippen molar-refractivity contribution in [3.05, 3.63) is 23.5 Å². The third kappa shape index (κ3) is 5.34. The lowest BCUT2D eigenvalue weighted by Gasteiger charge is -2.22. The fourth-order valence-corrected chi connectivity index (χ4v) is 2.99. The maximum atomic E-state index is 13.1. The van der Waals surface area contributed by atoms with Gasteiger partial charge in [-0.25, -0.2) is 9.78 Å². The number of imidazole rings is 1. The number of ether oxygens (including phenoxy) is 1. The molecule has 0 radical (unpaired) electrons. The summed E-state index contributed by atoms with van der Waals surface area (Å²) in [7, 11) is 0. The average molecular weight is 455 g/mol. The molecule has 0 aliphatic carbocycles. The Bertz CT molecular complexity index is 1100. The highest BCUT2D eigenvalue weighted by Crippen LogP contribution is 2.31. The Morgan fingerprint density at radius 2 is 1.88 bits per heavy atom. The molecule has 1 fully saturated rings. The molecule has 1 saturated heterocycles. The molecule has 172 valence electrons. The largest absolute Gasteiger partial charge is 0.449 e. The van der Waals surface area contributed by atoms with Crippen LogP contribution in [0.5, 0.6) is 0 Å². The number of aromatic amines is 1. The SMILES string of the molecule is CC(C)(C)OC(=O)Nc1cc(C(=O)NC2CCC(=O)NC2=O)c2[nH]c(C(F)(F)F)nc2c1. The van der Waals surface area contributed by atoms with Gasteiger partial charge in [-0.2, -0.15) is 13.2 Å². The first kappa shape index (κ1) is 23.0. The maximum Gasteiger partial charge on any atom is 0.449 e. The lowest BCUT2D eigenvalue weighted by molar-refractivity contribution is -0.144. The van der Waals surface area contributed by atoms with E-state index in [0.717, 1.165) is 12.1 Å². The quantitative estimate of drug-likeness (QED) is 0.524. The summed E-state index contributed by atoms with van der Waals surface area (Å²) in [5.41, 5.74) is -1.64. The number of nitrogens with zero attached hydrogens (tertiary/aromatic N) is 1. The number of hydrogen-bond acceptors (Lipinski definition) is 6. The second kappa shape index (κ2) is 8.13. The second-order valence-electron chi connectivity index (χ2n) is 8.11. The van der Waals surface area contributed by atoms with Crippen molar-refractivity contribution in [2.75, 3.05) is 5.32 Å². The third-order valence-electron chi connectivity index (χ3n) is 4.30. The van der Waals surface area contributed by atoms with E-state index in [2.05, 4.69) is 25.9 Å². The number of halogens is 3. The van der Waals surface area contributed by atoms with Crippen LogP contribution in [0.25, 0.3) is 11.0 Å². The molecule has 10 nitrogen and oxygen atoms in total. The van der Waals surface area contributed by atoms with E-state index in [4.69, 9.17) is 4.74 Å². The highest BCUT2D eigenvalue weighted by Gasteiger charge is 2.36. The van der Waals surface area contributed by atoms with Crippen LogP contribution in [0.1, 0.15) is 49.8 Å². The van der Waals surface area contributed by atoms with Crippen LogP contribution in [0.3, 0.4) is 0 Å². The lowest BCUT2D eigenvalue weighted by atomic mass is 10.0. The number of benzene rings is 1. The number of carbonyl (C=O) groups excluding carboxylic acids is 4. The number of alkyl halides is 3. The van der Waals surface area contributed by atoms with E-state index in [1.807, 2.05) is 0 Å². The Morgan fingerprint density at radius 1 is 1.19 bits per heavy atom. The molecule has 1 aliphatic rings. The van der Waals surface area contributed by atoms with Crippen LogP contribution in [0.2, 0.25) is 0 Å². The number of fused-ring (bicyclic) bond motifs is 1. The second-order valence-corrected chi connectivity index (χ2v) is 8.11. The Hall–Kier alpha value is -3.64. The number of hydrogen-bond donors (Lipinski definition) is 4. The molecule has 1 aliphatic heterocycles. The van der Waals surface area contributed by atoms with Crippen LogP contribution < -0.4 is 16.0 Å². The smallest absolute Gasteiger partial charge is 0.444 e. The van der Waals surface area contributed by atoms with Crippen molar-refractivity contribution in [2.24, 2.45) is 0 Å². The van der Waals surface area contributed by atoms with Crippen LogP contribution >= 0.6 is 0 Å². The van der Waals surface area contributed by atoms with Crippen molar-refractivity contribution in [1.29, 1.82) is 0 Å². The summed E-state index contributed by atoms with van der Waals surface area (Å²) in [6.45, 7) is 4.87. The number of nitrogens with one attached hydrogen (secondary N) is 4. The highest BCUT2D eigenvalue weighted by molar-refractivity contribution is 6.09. The topological polar surface area (TPSA) is 142 Å². The Labute approximate surface area is 179 Å². The van der Waals surface area contributed by atoms with Gasteiger partial charge in [0, 0.05) is 12.1 Å². The van der Waals surface area contributed by atoms with E-state index >= 15 is 0 Å². The number of aromatic nitrogens is 2. The van der Waals surface area contributed by atoms with Crippen LogP contribution in [-0.2, 0) is 20.5 Å². The van der Waals surface area contributed by atoms with E-state index in [9.17, 15) is 32.3 Å². The van der Waals surface area contributed by atoms with Crippen molar-refractivity contribution in [1.82, 2.24) is 20.6 Å². The van der Waals surface area contributed by atoms with Gasteiger partial charge < -0.3 is 15.0 Å². The number of imide groups is 1.